The smallest absolute Gasteiger partial charge is 0.182 e. The molecule has 82 valence electrons. The molecule has 3 heteroatoms. The van der Waals surface area contributed by atoms with Crippen LogP contribution in [0.2, 0.25) is 0 Å². The molecule has 0 amide bonds. The molecular formula is C12H17NO2. The minimum absolute atomic E-state index is 0.502. The monoisotopic (exact) mass is 207 g/mol. The number of hydrogen-bond acceptors (Lipinski definition) is 3. The summed E-state index contributed by atoms with van der Waals surface area (Å²) >= 11 is 0. The van der Waals surface area contributed by atoms with Gasteiger partial charge in [-0.05, 0) is 18.5 Å². The molecule has 0 aromatic heterocycles. The van der Waals surface area contributed by atoms with Gasteiger partial charge in [-0.3, -0.25) is 0 Å². The zero-order valence-corrected chi connectivity index (χ0v) is 8.78. The topological polar surface area (TPSA) is 41.5 Å². The van der Waals surface area contributed by atoms with Gasteiger partial charge in [0.2, 0.25) is 0 Å². The Labute approximate surface area is 90.1 Å². The molecule has 0 saturated carbocycles. The summed E-state index contributed by atoms with van der Waals surface area (Å²) in [5, 5.41) is 13.4. The molecule has 0 bridgehead atoms. The van der Waals surface area contributed by atoms with Crippen molar-refractivity contribution in [1.29, 1.82) is 0 Å². The molecule has 1 aliphatic rings. The zero-order chi connectivity index (χ0) is 10.6. The van der Waals surface area contributed by atoms with Crippen molar-refractivity contribution in [3.05, 3.63) is 35.9 Å². The molecule has 1 saturated heterocycles. The molecular weight excluding hydrogens is 190 g/mol. The van der Waals surface area contributed by atoms with Crippen LogP contribution in [0.5, 0.6) is 0 Å². The lowest BCUT2D eigenvalue weighted by molar-refractivity contribution is -0.192. The van der Waals surface area contributed by atoms with E-state index in [1.54, 1.807) is 0 Å². The van der Waals surface area contributed by atoms with Crippen molar-refractivity contribution in [2.45, 2.75) is 18.6 Å². The maximum Gasteiger partial charge on any atom is 0.182 e. The maximum atomic E-state index is 10.2. The van der Waals surface area contributed by atoms with Crippen LogP contribution in [0.15, 0.2) is 30.3 Å². The average Bonchev–Trinajstić information content (AvgIpc) is 2.45. The molecule has 1 aromatic rings. The summed E-state index contributed by atoms with van der Waals surface area (Å²) in [6.45, 7) is 2.04. The van der Waals surface area contributed by atoms with Gasteiger partial charge in [0, 0.05) is 13.0 Å². The third-order valence-electron chi connectivity index (χ3n) is 2.59. The van der Waals surface area contributed by atoms with E-state index in [0.717, 1.165) is 18.5 Å². The molecule has 15 heavy (non-hydrogen) atoms. The largest absolute Gasteiger partial charge is 0.364 e. The van der Waals surface area contributed by atoms with Gasteiger partial charge in [0.25, 0.3) is 0 Å². The number of nitrogens with one attached hydrogen (secondary N) is 1. The highest BCUT2D eigenvalue weighted by Crippen LogP contribution is 2.16. The summed E-state index contributed by atoms with van der Waals surface area (Å²) in [7, 11) is 0. The van der Waals surface area contributed by atoms with Crippen molar-refractivity contribution < 1.29 is 9.84 Å². The van der Waals surface area contributed by atoms with Gasteiger partial charge < -0.3 is 15.2 Å². The van der Waals surface area contributed by atoms with Crippen LogP contribution in [-0.2, 0) is 11.2 Å². The molecule has 2 rings (SSSR count). The predicted octanol–water partition coefficient (Wildman–Crippen LogP) is 0.928. The summed E-state index contributed by atoms with van der Waals surface area (Å²) in [5.41, 5.74) is 1.10. The SMILES string of the molecule is OC1(Cc2ccccc2)CNCCCO1. The van der Waals surface area contributed by atoms with E-state index in [-0.39, 0.29) is 0 Å². The Bertz CT molecular complexity index is 292. The Morgan fingerprint density at radius 2 is 2.13 bits per heavy atom. The van der Waals surface area contributed by atoms with E-state index in [9.17, 15) is 5.11 Å². The Morgan fingerprint density at radius 3 is 2.93 bits per heavy atom. The molecule has 1 aromatic carbocycles. The third kappa shape index (κ3) is 3.02. The second-order valence-electron chi connectivity index (χ2n) is 3.99. The Morgan fingerprint density at radius 1 is 1.33 bits per heavy atom. The van der Waals surface area contributed by atoms with Crippen LogP contribution in [0, 0.1) is 0 Å². The summed E-state index contributed by atoms with van der Waals surface area (Å²) in [5.74, 6) is -1.04. The van der Waals surface area contributed by atoms with E-state index in [1.807, 2.05) is 30.3 Å². The highest BCUT2D eigenvalue weighted by molar-refractivity contribution is 5.16. The summed E-state index contributed by atoms with van der Waals surface area (Å²) in [6, 6.07) is 9.93. The molecule has 0 spiro atoms. The van der Waals surface area contributed by atoms with Gasteiger partial charge in [0.1, 0.15) is 0 Å². The summed E-state index contributed by atoms with van der Waals surface area (Å²) < 4.78 is 5.49. The molecule has 0 aliphatic carbocycles. The molecule has 2 N–H and O–H groups in total. The molecule has 1 atom stereocenters. The van der Waals surface area contributed by atoms with Crippen molar-refractivity contribution >= 4 is 0 Å². The van der Waals surface area contributed by atoms with E-state index in [2.05, 4.69) is 5.32 Å². The molecule has 3 nitrogen and oxygen atoms in total. The molecule has 1 aliphatic heterocycles. The minimum atomic E-state index is -1.04. The second-order valence-corrected chi connectivity index (χ2v) is 3.99. The first-order valence-corrected chi connectivity index (χ1v) is 5.39. The van der Waals surface area contributed by atoms with E-state index in [4.69, 9.17) is 4.74 Å². The van der Waals surface area contributed by atoms with Crippen LogP contribution in [0.25, 0.3) is 0 Å². The third-order valence-corrected chi connectivity index (χ3v) is 2.59. The number of benzene rings is 1. The molecule has 1 heterocycles. The van der Waals surface area contributed by atoms with Gasteiger partial charge in [-0.25, -0.2) is 0 Å². The summed E-state index contributed by atoms with van der Waals surface area (Å²) in [4.78, 5) is 0. The maximum absolute atomic E-state index is 10.2. The lowest BCUT2D eigenvalue weighted by Gasteiger charge is -2.26. The van der Waals surface area contributed by atoms with E-state index < -0.39 is 5.79 Å². The van der Waals surface area contributed by atoms with E-state index >= 15 is 0 Å². The number of ether oxygens (including phenoxy) is 1. The van der Waals surface area contributed by atoms with Crippen molar-refractivity contribution in [3.63, 3.8) is 0 Å². The normalized spacial score (nSPS) is 27.3. The lowest BCUT2D eigenvalue weighted by atomic mass is 10.1. The fraction of sp³-hybridized carbons (Fsp3) is 0.500. The number of β-amino-alcohol motifs (C(OH)–C–C–N with tert-alkyl or cyclic N) is 1. The van der Waals surface area contributed by atoms with Gasteiger partial charge in [-0.15, -0.1) is 0 Å². The van der Waals surface area contributed by atoms with Crippen LogP contribution in [-0.4, -0.2) is 30.6 Å². The van der Waals surface area contributed by atoms with Crippen molar-refractivity contribution in [1.82, 2.24) is 5.32 Å². The number of rotatable bonds is 2. The fourth-order valence-corrected chi connectivity index (χ4v) is 1.82. The molecule has 1 unspecified atom stereocenters. The minimum Gasteiger partial charge on any atom is -0.364 e. The van der Waals surface area contributed by atoms with Crippen molar-refractivity contribution in [2.24, 2.45) is 0 Å². The number of aliphatic hydroxyl groups is 1. The van der Waals surface area contributed by atoms with Gasteiger partial charge in [0.05, 0.1) is 6.61 Å². The van der Waals surface area contributed by atoms with Crippen LogP contribution < -0.4 is 5.32 Å². The van der Waals surface area contributed by atoms with E-state index in [0.29, 0.717) is 19.6 Å². The standard InChI is InChI=1S/C12H17NO2/c14-12(10-13-7-4-8-15-12)9-11-5-2-1-3-6-11/h1-3,5-6,13-14H,4,7-10H2. The number of hydrogen-bond donors (Lipinski definition) is 2. The van der Waals surface area contributed by atoms with Crippen LogP contribution in [0.4, 0.5) is 0 Å². The second kappa shape index (κ2) is 4.75. The lowest BCUT2D eigenvalue weighted by Crippen LogP contribution is -2.43. The molecule has 1 fully saturated rings. The van der Waals surface area contributed by atoms with Crippen molar-refractivity contribution in [2.75, 3.05) is 19.7 Å². The van der Waals surface area contributed by atoms with Crippen LogP contribution in [0.3, 0.4) is 0 Å². The first-order valence-electron chi connectivity index (χ1n) is 5.39. The quantitative estimate of drug-likeness (QED) is 0.758. The highest BCUT2D eigenvalue weighted by atomic mass is 16.6. The predicted molar refractivity (Wildman–Crippen MR) is 58.5 cm³/mol. The van der Waals surface area contributed by atoms with Crippen LogP contribution >= 0.6 is 0 Å². The van der Waals surface area contributed by atoms with Crippen LogP contribution in [0.1, 0.15) is 12.0 Å². The highest BCUT2D eigenvalue weighted by Gasteiger charge is 2.29. The van der Waals surface area contributed by atoms with Gasteiger partial charge in [-0.1, -0.05) is 30.3 Å². The Kier molecular flexibility index (Phi) is 3.36. The molecule has 0 radical (unpaired) electrons. The average molecular weight is 207 g/mol. The van der Waals surface area contributed by atoms with Crippen molar-refractivity contribution in [3.8, 4) is 0 Å². The first kappa shape index (κ1) is 10.6. The Balaban J connectivity index is 2.02. The zero-order valence-electron chi connectivity index (χ0n) is 8.78. The first-order chi connectivity index (χ1) is 7.29. The fourth-order valence-electron chi connectivity index (χ4n) is 1.82. The summed E-state index contributed by atoms with van der Waals surface area (Å²) in [6.07, 6.45) is 1.50. The van der Waals surface area contributed by atoms with E-state index in [1.165, 1.54) is 0 Å². The van der Waals surface area contributed by atoms with Gasteiger partial charge in [-0.2, -0.15) is 0 Å². The van der Waals surface area contributed by atoms with Gasteiger partial charge >= 0.3 is 0 Å². The Hall–Kier alpha value is -0.900. The van der Waals surface area contributed by atoms with Gasteiger partial charge in [0.15, 0.2) is 5.79 Å².